The summed E-state index contributed by atoms with van der Waals surface area (Å²) in [7, 11) is 1.41. The van der Waals surface area contributed by atoms with Crippen molar-refractivity contribution in [3.63, 3.8) is 0 Å². The smallest absolute Gasteiger partial charge is 0.293 e. The van der Waals surface area contributed by atoms with Gasteiger partial charge in [-0.2, -0.15) is 0 Å². The van der Waals surface area contributed by atoms with E-state index in [1.807, 2.05) is 0 Å². The number of aromatic hydroxyl groups is 1. The molecular formula is C18H13ClFNO4S. The average molecular weight is 394 g/mol. The molecule has 0 bridgehead atoms. The number of carbonyl (C=O) groups excluding carboxylic acids is 2. The van der Waals surface area contributed by atoms with Crippen molar-refractivity contribution in [3.8, 4) is 11.5 Å². The van der Waals surface area contributed by atoms with Crippen molar-refractivity contribution in [2.24, 2.45) is 0 Å². The molecule has 0 saturated carbocycles. The molecule has 2 aromatic carbocycles. The molecule has 1 aliphatic rings. The average Bonchev–Trinajstić information content (AvgIpc) is 2.87. The molecule has 1 fully saturated rings. The first-order chi connectivity index (χ1) is 12.4. The number of thioether (sulfide) groups is 1. The van der Waals surface area contributed by atoms with Gasteiger partial charge in [-0.15, -0.1) is 0 Å². The number of hydrogen-bond acceptors (Lipinski definition) is 5. The van der Waals surface area contributed by atoms with Crippen LogP contribution in [0.2, 0.25) is 5.02 Å². The lowest BCUT2D eigenvalue weighted by Gasteiger charge is -2.14. The molecule has 2 amide bonds. The number of amides is 2. The molecule has 2 aromatic rings. The normalized spacial score (nSPS) is 15.8. The summed E-state index contributed by atoms with van der Waals surface area (Å²) in [6, 6.07) is 8.72. The summed E-state index contributed by atoms with van der Waals surface area (Å²) in [6.45, 7) is -0.244. The monoisotopic (exact) mass is 393 g/mol. The van der Waals surface area contributed by atoms with Gasteiger partial charge in [-0.3, -0.25) is 14.5 Å². The van der Waals surface area contributed by atoms with E-state index >= 15 is 0 Å². The van der Waals surface area contributed by atoms with Gasteiger partial charge in [-0.1, -0.05) is 23.7 Å². The second-order valence-corrected chi connectivity index (χ2v) is 6.80. The van der Waals surface area contributed by atoms with Crippen LogP contribution >= 0.6 is 23.4 Å². The van der Waals surface area contributed by atoms with Crippen molar-refractivity contribution in [3.05, 3.63) is 63.3 Å². The number of phenolic OH excluding ortho intramolecular Hbond substituents is 1. The number of phenols is 1. The molecule has 3 rings (SSSR count). The van der Waals surface area contributed by atoms with E-state index in [9.17, 15) is 19.1 Å². The van der Waals surface area contributed by atoms with Crippen LogP contribution in [-0.4, -0.2) is 28.3 Å². The van der Waals surface area contributed by atoms with Crippen molar-refractivity contribution in [1.29, 1.82) is 0 Å². The first-order valence-corrected chi connectivity index (χ1v) is 8.65. The highest BCUT2D eigenvalue weighted by Crippen LogP contribution is 2.35. The second-order valence-electron chi connectivity index (χ2n) is 5.40. The van der Waals surface area contributed by atoms with Gasteiger partial charge in [0.25, 0.3) is 11.1 Å². The maximum Gasteiger partial charge on any atom is 0.293 e. The van der Waals surface area contributed by atoms with E-state index in [0.717, 1.165) is 16.7 Å². The number of ether oxygens (including phenoxy) is 1. The molecule has 0 atom stereocenters. The fraction of sp³-hybridized carbons (Fsp3) is 0.111. The Morgan fingerprint density at radius 1 is 1.31 bits per heavy atom. The fourth-order valence-corrected chi connectivity index (χ4v) is 3.47. The van der Waals surface area contributed by atoms with Gasteiger partial charge in [0.05, 0.1) is 18.6 Å². The summed E-state index contributed by atoms with van der Waals surface area (Å²) in [4.78, 5) is 25.9. The first-order valence-electron chi connectivity index (χ1n) is 7.46. The van der Waals surface area contributed by atoms with Crippen molar-refractivity contribution in [2.45, 2.75) is 6.54 Å². The molecule has 0 radical (unpaired) electrons. The predicted molar refractivity (Wildman–Crippen MR) is 97.6 cm³/mol. The lowest BCUT2D eigenvalue weighted by atomic mass is 10.1. The lowest BCUT2D eigenvalue weighted by Crippen LogP contribution is -2.28. The number of rotatable bonds is 4. The number of imide groups is 1. The predicted octanol–water partition coefficient (Wildman–Crippen LogP) is 4.43. The Kier molecular flexibility index (Phi) is 5.20. The number of hydrogen-bond donors (Lipinski definition) is 1. The zero-order valence-electron chi connectivity index (χ0n) is 13.5. The number of methoxy groups -OCH3 is 1. The molecule has 1 N–H and O–H groups in total. The summed E-state index contributed by atoms with van der Waals surface area (Å²) in [5.41, 5.74) is 0.665. The van der Waals surface area contributed by atoms with Gasteiger partial charge in [0.15, 0.2) is 11.5 Å². The maximum atomic E-state index is 13.9. The molecular weight excluding hydrogens is 381 g/mol. The standard InChI is InChI=1S/C18H13ClFNO4S/c1-25-15-7-10(5-6-14(15)22)8-16-17(23)21(18(24)26-16)9-11-12(19)3-2-4-13(11)20/h2-8,22H,9H2,1H3/b16-8-. The molecule has 0 spiro atoms. The van der Waals surface area contributed by atoms with E-state index in [0.29, 0.717) is 5.56 Å². The Morgan fingerprint density at radius 3 is 2.77 bits per heavy atom. The van der Waals surface area contributed by atoms with Crippen molar-refractivity contribution >= 4 is 40.6 Å². The number of nitrogens with zero attached hydrogens (tertiary/aromatic N) is 1. The Morgan fingerprint density at radius 2 is 2.08 bits per heavy atom. The maximum absolute atomic E-state index is 13.9. The molecule has 134 valence electrons. The fourth-order valence-electron chi connectivity index (χ4n) is 2.41. The van der Waals surface area contributed by atoms with Crippen LogP contribution in [0.1, 0.15) is 11.1 Å². The third kappa shape index (κ3) is 3.54. The van der Waals surface area contributed by atoms with Gasteiger partial charge in [0.2, 0.25) is 0 Å². The van der Waals surface area contributed by atoms with Crippen LogP contribution in [-0.2, 0) is 11.3 Å². The largest absolute Gasteiger partial charge is 0.504 e. The number of carbonyl (C=O) groups is 2. The van der Waals surface area contributed by atoms with Crippen LogP contribution in [0.15, 0.2) is 41.3 Å². The minimum Gasteiger partial charge on any atom is -0.504 e. The van der Waals surface area contributed by atoms with Gasteiger partial charge in [0, 0.05) is 10.6 Å². The Hall–Kier alpha value is -2.51. The number of benzene rings is 2. The quantitative estimate of drug-likeness (QED) is 0.778. The Balaban J connectivity index is 1.87. The van der Waals surface area contributed by atoms with Crippen molar-refractivity contribution < 1.29 is 23.8 Å². The Bertz CT molecular complexity index is 911. The Labute approximate surface area is 158 Å². The molecule has 5 nitrogen and oxygen atoms in total. The van der Waals surface area contributed by atoms with Crippen LogP contribution in [0, 0.1) is 5.82 Å². The van der Waals surface area contributed by atoms with Gasteiger partial charge >= 0.3 is 0 Å². The van der Waals surface area contributed by atoms with Gasteiger partial charge in [-0.05, 0) is 47.7 Å². The summed E-state index contributed by atoms with van der Waals surface area (Å²) >= 11 is 6.72. The molecule has 26 heavy (non-hydrogen) atoms. The number of halogens is 2. The van der Waals surface area contributed by atoms with Gasteiger partial charge < -0.3 is 9.84 Å². The van der Waals surface area contributed by atoms with Crippen LogP contribution in [0.3, 0.4) is 0 Å². The zero-order valence-corrected chi connectivity index (χ0v) is 15.1. The minimum absolute atomic E-state index is 0.0352. The summed E-state index contributed by atoms with van der Waals surface area (Å²) in [6.07, 6.45) is 1.51. The van der Waals surface area contributed by atoms with E-state index in [-0.39, 0.29) is 33.5 Å². The first kappa shape index (κ1) is 18.3. The SMILES string of the molecule is COc1cc(/C=C2\SC(=O)N(Cc3c(F)cccc3Cl)C2=O)ccc1O. The lowest BCUT2D eigenvalue weighted by molar-refractivity contribution is -0.123. The molecule has 0 aliphatic carbocycles. The summed E-state index contributed by atoms with van der Waals surface area (Å²) in [5, 5.41) is 9.26. The summed E-state index contributed by atoms with van der Waals surface area (Å²) in [5.74, 6) is -0.904. The van der Waals surface area contributed by atoms with E-state index in [1.54, 1.807) is 6.07 Å². The van der Waals surface area contributed by atoms with E-state index in [2.05, 4.69) is 0 Å². The van der Waals surface area contributed by atoms with Crippen LogP contribution < -0.4 is 4.74 Å². The van der Waals surface area contributed by atoms with Crippen LogP contribution in [0.4, 0.5) is 9.18 Å². The van der Waals surface area contributed by atoms with Crippen LogP contribution in [0.5, 0.6) is 11.5 Å². The molecule has 8 heteroatoms. The molecule has 0 aromatic heterocycles. The van der Waals surface area contributed by atoms with Crippen LogP contribution in [0.25, 0.3) is 6.08 Å². The molecule has 1 aliphatic heterocycles. The third-order valence-corrected chi connectivity index (χ3v) is 5.01. The van der Waals surface area contributed by atoms with Gasteiger partial charge in [0.1, 0.15) is 5.82 Å². The van der Waals surface area contributed by atoms with Crippen molar-refractivity contribution in [1.82, 2.24) is 4.90 Å². The molecule has 0 unspecified atom stereocenters. The zero-order chi connectivity index (χ0) is 18.8. The second kappa shape index (κ2) is 7.39. The highest BCUT2D eigenvalue weighted by atomic mass is 35.5. The third-order valence-electron chi connectivity index (χ3n) is 3.75. The van der Waals surface area contributed by atoms with Gasteiger partial charge in [-0.25, -0.2) is 4.39 Å². The van der Waals surface area contributed by atoms with E-state index in [1.165, 1.54) is 43.5 Å². The summed E-state index contributed by atoms with van der Waals surface area (Å²) < 4.78 is 19.0. The highest BCUT2D eigenvalue weighted by Gasteiger charge is 2.35. The highest BCUT2D eigenvalue weighted by molar-refractivity contribution is 8.18. The van der Waals surface area contributed by atoms with Crippen molar-refractivity contribution in [2.75, 3.05) is 7.11 Å². The topological polar surface area (TPSA) is 66.8 Å². The van der Waals surface area contributed by atoms with E-state index < -0.39 is 17.0 Å². The minimum atomic E-state index is -0.580. The van der Waals surface area contributed by atoms with E-state index in [4.69, 9.17) is 16.3 Å². The molecule has 1 saturated heterocycles. The molecule has 1 heterocycles.